The molecule has 2 aliphatic rings. The average Bonchev–Trinajstić information content (AvgIpc) is 2.45. The van der Waals surface area contributed by atoms with Gasteiger partial charge >= 0.3 is 6.61 Å². The normalized spacial score (nSPS) is 23.9. The molecular weight excluding hydrogens is 278 g/mol. The molecule has 5 heteroatoms. The molecule has 3 rings (SSSR count). The summed E-state index contributed by atoms with van der Waals surface area (Å²) in [6.45, 7) is -2.36. The molecule has 0 bridgehead atoms. The summed E-state index contributed by atoms with van der Waals surface area (Å²) in [5.74, 6) is -0.311. The van der Waals surface area contributed by atoms with Gasteiger partial charge in [0.2, 0.25) is 0 Å². The fraction of sp³-hybridized carbons (Fsp3) is 0.562. The van der Waals surface area contributed by atoms with Crippen molar-refractivity contribution in [2.24, 2.45) is 5.92 Å². The molecule has 1 aliphatic heterocycles. The number of carbonyl (C=O) groups excluding carboxylic acids is 1. The van der Waals surface area contributed by atoms with E-state index in [4.69, 9.17) is 4.74 Å². The van der Waals surface area contributed by atoms with Crippen LogP contribution in [0.25, 0.3) is 0 Å². The summed E-state index contributed by atoms with van der Waals surface area (Å²) in [6.07, 6.45) is 4.45. The van der Waals surface area contributed by atoms with Crippen LogP contribution in [0.2, 0.25) is 0 Å². The Morgan fingerprint density at radius 2 is 2.10 bits per heavy atom. The van der Waals surface area contributed by atoms with Crippen LogP contribution in [-0.2, 0) is 4.74 Å². The highest BCUT2D eigenvalue weighted by atomic mass is 19.3. The van der Waals surface area contributed by atoms with E-state index < -0.39 is 6.61 Å². The molecule has 0 radical (unpaired) electrons. The lowest BCUT2D eigenvalue weighted by Gasteiger charge is -2.46. The van der Waals surface area contributed by atoms with Crippen LogP contribution in [0.3, 0.4) is 0 Å². The summed E-state index contributed by atoms with van der Waals surface area (Å²) in [5, 5.41) is 0. The number of Topliss-reactive ketones (excluding diaryl/α,β-unsaturated/α-hetero) is 1. The molecule has 0 aromatic heterocycles. The Balaban J connectivity index is 1.78. The van der Waals surface area contributed by atoms with Crippen molar-refractivity contribution in [1.82, 2.24) is 0 Å². The number of halogens is 2. The highest BCUT2D eigenvalue weighted by Gasteiger charge is 2.44. The van der Waals surface area contributed by atoms with Crippen molar-refractivity contribution in [3.8, 4) is 5.75 Å². The van der Waals surface area contributed by atoms with Crippen LogP contribution in [0.15, 0.2) is 24.3 Å². The molecular formula is C16H18F2O3. The molecule has 1 saturated carbocycles. The number of hydrogen-bond acceptors (Lipinski definition) is 3. The molecule has 114 valence electrons. The number of rotatable bonds is 4. The molecule has 1 spiro atoms. The Morgan fingerprint density at radius 1 is 1.33 bits per heavy atom. The van der Waals surface area contributed by atoms with Gasteiger partial charge in [0.05, 0.1) is 11.2 Å². The third kappa shape index (κ3) is 2.93. The van der Waals surface area contributed by atoms with Crippen LogP contribution in [0.5, 0.6) is 5.75 Å². The lowest BCUT2D eigenvalue weighted by Crippen LogP contribution is -2.47. The second-order valence-electron chi connectivity index (χ2n) is 5.81. The molecule has 1 heterocycles. The molecule has 0 N–H and O–H groups in total. The van der Waals surface area contributed by atoms with Crippen LogP contribution >= 0.6 is 0 Å². The van der Waals surface area contributed by atoms with Gasteiger partial charge in [-0.2, -0.15) is 8.78 Å². The number of carbonyl (C=O) groups is 1. The van der Waals surface area contributed by atoms with Crippen molar-refractivity contribution >= 4 is 5.78 Å². The molecule has 21 heavy (non-hydrogen) atoms. The number of ketones is 1. The molecule has 1 unspecified atom stereocenters. The predicted molar refractivity (Wildman–Crippen MR) is 72.7 cm³/mol. The van der Waals surface area contributed by atoms with Gasteiger partial charge in [-0.15, -0.1) is 0 Å². The van der Waals surface area contributed by atoms with E-state index in [1.54, 1.807) is 18.2 Å². The quantitative estimate of drug-likeness (QED) is 0.792. The van der Waals surface area contributed by atoms with Crippen molar-refractivity contribution < 1.29 is 23.0 Å². The van der Waals surface area contributed by atoms with Crippen LogP contribution in [0.1, 0.15) is 42.5 Å². The first kappa shape index (κ1) is 14.4. The van der Waals surface area contributed by atoms with Crippen molar-refractivity contribution in [2.75, 3.05) is 6.61 Å². The zero-order valence-electron chi connectivity index (χ0n) is 11.7. The predicted octanol–water partition coefficient (Wildman–Crippen LogP) is 3.82. The van der Waals surface area contributed by atoms with Crippen LogP contribution in [0, 0.1) is 5.92 Å². The number of alkyl halides is 2. The average molecular weight is 296 g/mol. The highest BCUT2D eigenvalue weighted by Crippen LogP contribution is 2.45. The van der Waals surface area contributed by atoms with Crippen LogP contribution < -0.4 is 4.74 Å². The molecule has 1 aromatic carbocycles. The SMILES string of the molecule is O=C(c1ccccc1OC(F)F)C1CCOC2(CCC2)C1. The Kier molecular flexibility index (Phi) is 3.93. The smallest absolute Gasteiger partial charge is 0.387 e. The number of ether oxygens (including phenoxy) is 2. The van der Waals surface area contributed by atoms with Gasteiger partial charge in [-0.3, -0.25) is 4.79 Å². The fourth-order valence-electron chi connectivity index (χ4n) is 3.26. The Hall–Kier alpha value is -1.49. The molecule has 1 aliphatic carbocycles. The van der Waals surface area contributed by atoms with Gasteiger partial charge in [0.15, 0.2) is 5.78 Å². The van der Waals surface area contributed by atoms with Crippen molar-refractivity contribution in [3.63, 3.8) is 0 Å². The summed E-state index contributed by atoms with van der Waals surface area (Å²) in [5.41, 5.74) is 0.107. The second kappa shape index (κ2) is 5.72. The lowest BCUT2D eigenvalue weighted by molar-refractivity contribution is -0.137. The van der Waals surface area contributed by atoms with Gasteiger partial charge < -0.3 is 9.47 Å². The van der Waals surface area contributed by atoms with Gasteiger partial charge in [0.25, 0.3) is 0 Å². The molecule has 3 nitrogen and oxygen atoms in total. The van der Waals surface area contributed by atoms with Gasteiger partial charge in [0.1, 0.15) is 5.75 Å². The number of benzene rings is 1. The van der Waals surface area contributed by atoms with Gasteiger partial charge in [-0.05, 0) is 44.2 Å². The minimum Gasteiger partial charge on any atom is -0.434 e. The molecule has 2 fully saturated rings. The van der Waals surface area contributed by atoms with E-state index in [9.17, 15) is 13.6 Å². The maximum atomic E-state index is 12.6. The fourth-order valence-corrected chi connectivity index (χ4v) is 3.26. The monoisotopic (exact) mass is 296 g/mol. The second-order valence-corrected chi connectivity index (χ2v) is 5.81. The number of hydrogen-bond donors (Lipinski definition) is 0. The van der Waals surface area contributed by atoms with Crippen molar-refractivity contribution in [1.29, 1.82) is 0 Å². The Labute approximate surface area is 122 Å². The van der Waals surface area contributed by atoms with Gasteiger partial charge in [0, 0.05) is 12.5 Å². The van der Waals surface area contributed by atoms with Gasteiger partial charge in [-0.25, -0.2) is 0 Å². The summed E-state index contributed by atoms with van der Waals surface area (Å²) in [6, 6.07) is 6.23. The minimum absolute atomic E-state index is 0.0355. The molecule has 1 saturated heterocycles. The summed E-state index contributed by atoms with van der Waals surface area (Å²) < 4.78 is 35.2. The first-order chi connectivity index (χ1) is 10.1. The maximum absolute atomic E-state index is 12.6. The third-order valence-corrected chi connectivity index (χ3v) is 4.50. The summed E-state index contributed by atoms with van der Waals surface area (Å²) in [4.78, 5) is 12.6. The van der Waals surface area contributed by atoms with E-state index in [1.165, 1.54) is 6.07 Å². The molecule has 1 atom stereocenters. The van der Waals surface area contributed by atoms with Crippen LogP contribution in [-0.4, -0.2) is 24.6 Å². The van der Waals surface area contributed by atoms with E-state index in [1.807, 2.05) is 0 Å². The van der Waals surface area contributed by atoms with Crippen molar-refractivity contribution in [2.45, 2.75) is 44.3 Å². The lowest BCUT2D eigenvalue weighted by atomic mass is 9.70. The number of para-hydroxylation sites is 1. The first-order valence-corrected chi connectivity index (χ1v) is 7.32. The van der Waals surface area contributed by atoms with Gasteiger partial charge in [-0.1, -0.05) is 12.1 Å². The molecule has 0 amide bonds. The highest BCUT2D eigenvalue weighted by molar-refractivity contribution is 6.00. The maximum Gasteiger partial charge on any atom is 0.387 e. The van der Waals surface area contributed by atoms with E-state index in [0.29, 0.717) is 19.4 Å². The molecule has 1 aromatic rings. The minimum atomic E-state index is -2.92. The van der Waals surface area contributed by atoms with Crippen LogP contribution in [0.4, 0.5) is 8.78 Å². The van der Waals surface area contributed by atoms with Crippen molar-refractivity contribution in [3.05, 3.63) is 29.8 Å². The van der Waals surface area contributed by atoms with E-state index in [2.05, 4.69) is 4.74 Å². The van der Waals surface area contributed by atoms with E-state index in [-0.39, 0.29) is 28.6 Å². The third-order valence-electron chi connectivity index (χ3n) is 4.50. The largest absolute Gasteiger partial charge is 0.434 e. The zero-order chi connectivity index (χ0) is 14.9. The topological polar surface area (TPSA) is 35.5 Å². The standard InChI is InChI=1S/C16H18F2O3/c17-15(18)21-13-5-2-1-4-12(13)14(19)11-6-9-20-16(10-11)7-3-8-16/h1-2,4-5,11,15H,3,6-10H2. The summed E-state index contributed by atoms with van der Waals surface area (Å²) in [7, 11) is 0. The Bertz CT molecular complexity index is 526. The zero-order valence-corrected chi connectivity index (χ0v) is 11.7. The first-order valence-electron chi connectivity index (χ1n) is 7.32. The summed E-state index contributed by atoms with van der Waals surface area (Å²) >= 11 is 0. The van der Waals surface area contributed by atoms with E-state index in [0.717, 1.165) is 19.3 Å². The van der Waals surface area contributed by atoms with E-state index >= 15 is 0 Å². The Morgan fingerprint density at radius 3 is 2.76 bits per heavy atom.